The van der Waals surface area contributed by atoms with Gasteiger partial charge in [0, 0.05) is 17.4 Å². The van der Waals surface area contributed by atoms with Gasteiger partial charge < -0.3 is 10.4 Å². The van der Waals surface area contributed by atoms with Gasteiger partial charge in [0.25, 0.3) is 11.7 Å². The van der Waals surface area contributed by atoms with E-state index in [9.17, 15) is 9.90 Å². The number of amides is 1. The Balaban J connectivity index is 1.84. The van der Waals surface area contributed by atoms with E-state index >= 15 is 0 Å². The quantitative estimate of drug-likeness (QED) is 0.793. The SMILES string of the molecule is Cc1cc(C)n2nc(C(=O)NC3CC(O)C3)nc2n1. The Kier molecular flexibility index (Phi) is 2.70. The fraction of sp³-hybridized carbons (Fsp3) is 0.500. The first-order valence-electron chi connectivity index (χ1n) is 6.23. The molecule has 0 atom stereocenters. The van der Waals surface area contributed by atoms with Crippen LogP contribution in [0, 0.1) is 13.8 Å². The second-order valence-corrected chi connectivity index (χ2v) is 4.98. The molecule has 0 unspecified atom stereocenters. The molecule has 1 aliphatic carbocycles. The number of aryl methyl sites for hydroxylation is 2. The molecule has 0 saturated heterocycles. The number of hydrogen-bond acceptors (Lipinski definition) is 5. The van der Waals surface area contributed by atoms with E-state index in [0.717, 1.165) is 11.4 Å². The third-order valence-corrected chi connectivity index (χ3v) is 3.27. The highest BCUT2D eigenvalue weighted by Gasteiger charge is 2.29. The number of aromatic nitrogens is 4. The lowest BCUT2D eigenvalue weighted by molar-refractivity contribution is 0.0558. The van der Waals surface area contributed by atoms with Crippen molar-refractivity contribution in [1.82, 2.24) is 24.9 Å². The van der Waals surface area contributed by atoms with Gasteiger partial charge in [0.15, 0.2) is 0 Å². The summed E-state index contributed by atoms with van der Waals surface area (Å²) in [5.74, 6) is 0.221. The van der Waals surface area contributed by atoms with Crippen LogP contribution in [0.3, 0.4) is 0 Å². The molecule has 2 heterocycles. The van der Waals surface area contributed by atoms with E-state index < -0.39 is 0 Å². The summed E-state index contributed by atoms with van der Waals surface area (Å²) in [6.45, 7) is 3.76. The number of aliphatic hydroxyl groups is 1. The predicted octanol–water partition coefficient (Wildman–Crippen LogP) is -0.00576. The van der Waals surface area contributed by atoms with Crippen LogP contribution in [0.5, 0.6) is 0 Å². The smallest absolute Gasteiger partial charge is 0.291 e. The van der Waals surface area contributed by atoms with E-state index in [4.69, 9.17) is 0 Å². The summed E-state index contributed by atoms with van der Waals surface area (Å²) >= 11 is 0. The molecule has 7 nitrogen and oxygen atoms in total. The van der Waals surface area contributed by atoms with Gasteiger partial charge in [-0.2, -0.15) is 4.98 Å². The molecule has 3 rings (SSSR count). The van der Waals surface area contributed by atoms with Gasteiger partial charge in [0.1, 0.15) is 0 Å². The minimum Gasteiger partial charge on any atom is -0.393 e. The van der Waals surface area contributed by atoms with Crippen molar-refractivity contribution in [2.45, 2.75) is 38.8 Å². The van der Waals surface area contributed by atoms with E-state index in [1.807, 2.05) is 19.9 Å². The normalized spacial score (nSPS) is 22.3. The Labute approximate surface area is 109 Å². The monoisotopic (exact) mass is 261 g/mol. The van der Waals surface area contributed by atoms with Crippen molar-refractivity contribution in [3.8, 4) is 0 Å². The van der Waals surface area contributed by atoms with Crippen LogP contribution in [0.15, 0.2) is 6.07 Å². The van der Waals surface area contributed by atoms with Gasteiger partial charge in [0.2, 0.25) is 5.82 Å². The number of carbonyl (C=O) groups excluding carboxylic acids is 1. The molecule has 2 aromatic heterocycles. The number of rotatable bonds is 2. The standard InChI is InChI=1S/C12H15N5O2/c1-6-3-7(2)17-12(13-6)15-10(16-17)11(19)14-8-4-9(18)5-8/h3,8-9,18H,4-5H2,1-2H3,(H,14,19). The Morgan fingerprint density at radius 3 is 2.84 bits per heavy atom. The molecular weight excluding hydrogens is 246 g/mol. The predicted molar refractivity (Wildman–Crippen MR) is 66.8 cm³/mol. The number of nitrogens with zero attached hydrogens (tertiary/aromatic N) is 4. The van der Waals surface area contributed by atoms with E-state index in [0.29, 0.717) is 18.6 Å². The summed E-state index contributed by atoms with van der Waals surface area (Å²) in [5.41, 5.74) is 1.72. The molecule has 1 aliphatic rings. The molecule has 0 aliphatic heterocycles. The molecule has 0 radical (unpaired) electrons. The maximum Gasteiger partial charge on any atom is 0.291 e. The maximum atomic E-state index is 12.0. The largest absolute Gasteiger partial charge is 0.393 e. The number of carbonyl (C=O) groups is 1. The molecule has 7 heteroatoms. The topological polar surface area (TPSA) is 92.4 Å². The number of aliphatic hydroxyl groups excluding tert-OH is 1. The second kappa shape index (κ2) is 4.27. The zero-order valence-corrected chi connectivity index (χ0v) is 10.8. The Hall–Kier alpha value is -2.02. The lowest BCUT2D eigenvalue weighted by atomic mass is 9.89. The molecule has 100 valence electrons. The maximum absolute atomic E-state index is 12.0. The first kappa shape index (κ1) is 12.0. The lowest BCUT2D eigenvalue weighted by Gasteiger charge is -2.31. The van der Waals surface area contributed by atoms with Crippen molar-refractivity contribution in [3.05, 3.63) is 23.3 Å². The minimum atomic E-state index is -0.320. The first-order chi connectivity index (χ1) is 9.02. The van der Waals surface area contributed by atoms with Crippen LogP contribution in [-0.2, 0) is 0 Å². The highest BCUT2D eigenvalue weighted by Crippen LogP contribution is 2.19. The molecule has 19 heavy (non-hydrogen) atoms. The number of nitrogens with one attached hydrogen (secondary N) is 1. The van der Waals surface area contributed by atoms with Crippen molar-refractivity contribution in [2.75, 3.05) is 0 Å². The molecule has 1 amide bonds. The van der Waals surface area contributed by atoms with Gasteiger partial charge in [-0.25, -0.2) is 9.50 Å². The highest BCUT2D eigenvalue weighted by molar-refractivity contribution is 5.91. The highest BCUT2D eigenvalue weighted by atomic mass is 16.3. The van der Waals surface area contributed by atoms with E-state index in [1.54, 1.807) is 4.52 Å². The Morgan fingerprint density at radius 2 is 2.16 bits per heavy atom. The fourth-order valence-electron chi connectivity index (χ4n) is 2.22. The summed E-state index contributed by atoms with van der Waals surface area (Å²) in [7, 11) is 0. The molecule has 2 aromatic rings. The number of fused-ring (bicyclic) bond motifs is 1. The molecular formula is C12H15N5O2. The van der Waals surface area contributed by atoms with Gasteiger partial charge >= 0.3 is 0 Å². The van der Waals surface area contributed by atoms with Crippen molar-refractivity contribution in [2.24, 2.45) is 0 Å². The van der Waals surface area contributed by atoms with Gasteiger partial charge in [-0.1, -0.05) is 0 Å². The summed E-state index contributed by atoms with van der Waals surface area (Å²) in [6.07, 6.45) is 0.885. The van der Waals surface area contributed by atoms with Gasteiger partial charge in [0.05, 0.1) is 6.10 Å². The zero-order chi connectivity index (χ0) is 13.6. The molecule has 2 N–H and O–H groups in total. The molecule has 1 fully saturated rings. The lowest BCUT2D eigenvalue weighted by Crippen LogP contribution is -2.47. The Bertz CT molecular complexity index is 645. The van der Waals surface area contributed by atoms with Crippen LogP contribution >= 0.6 is 0 Å². The fourth-order valence-corrected chi connectivity index (χ4v) is 2.22. The third kappa shape index (κ3) is 2.17. The second-order valence-electron chi connectivity index (χ2n) is 4.98. The van der Waals surface area contributed by atoms with Crippen LogP contribution < -0.4 is 5.32 Å². The molecule has 0 aromatic carbocycles. The van der Waals surface area contributed by atoms with Crippen LogP contribution in [0.4, 0.5) is 0 Å². The van der Waals surface area contributed by atoms with Crippen LogP contribution in [0.1, 0.15) is 34.8 Å². The van der Waals surface area contributed by atoms with Crippen molar-refractivity contribution in [1.29, 1.82) is 0 Å². The van der Waals surface area contributed by atoms with Gasteiger partial charge in [-0.3, -0.25) is 4.79 Å². The first-order valence-corrected chi connectivity index (χ1v) is 6.23. The molecule has 0 bridgehead atoms. The molecule has 0 spiro atoms. The number of hydrogen-bond donors (Lipinski definition) is 2. The van der Waals surface area contributed by atoms with E-state index in [2.05, 4.69) is 20.4 Å². The summed E-state index contributed by atoms with van der Waals surface area (Å²) in [5, 5.41) is 16.1. The average Bonchev–Trinajstić information content (AvgIpc) is 2.71. The van der Waals surface area contributed by atoms with E-state index in [-0.39, 0.29) is 23.9 Å². The van der Waals surface area contributed by atoms with Crippen molar-refractivity contribution >= 4 is 11.7 Å². The average molecular weight is 261 g/mol. The van der Waals surface area contributed by atoms with Crippen LogP contribution in [0.2, 0.25) is 0 Å². The van der Waals surface area contributed by atoms with Crippen molar-refractivity contribution in [3.63, 3.8) is 0 Å². The zero-order valence-electron chi connectivity index (χ0n) is 10.8. The Morgan fingerprint density at radius 1 is 1.42 bits per heavy atom. The minimum absolute atomic E-state index is 0.0184. The van der Waals surface area contributed by atoms with E-state index in [1.165, 1.54) is 0 Å². The third-order valence-electron chi connectivity index (χ3n) is 3.27. The summed E-state index contributed by atoms with van der Waals surface area (Å²) < 4.78 is 1.55. The summed E-state index contributed by atoms with van der Waals surface area (Å²) in [4.78, 5) is 20.3. The van der Waals surface area contributed by atoms with Gasteiger partial charge in [-0.05, 0) is 32.8 Å². The van der Waals surface area contributed by atoms with Crippen molar-refractivity contribution < 1.29 is 9.90 Å². The summed E-state index contributed by atoms with van der Waals surface area (Å²) in [6, 6.07) is 1.90. The van der Waals surface area contributed by atoms with Crippen LogP contribution in [-0.4, -0.2) is 42.7 Å². The molecule has 1 saturated carbocycles. The van der Waals surface area contributed by atoms with Gasteiger partial charge in [-0.15, -0.1) is 5.10 Å². The van der Waals surface area contributed by atoms with Crippen LogP contribution in [0.25, 0.3) is 5.78 Å².